The predicted molar refractivity (Wildman–Crippen MR) is 111 cm³/mol. The fourth-order valence-electron chi connectivity index (χ4n) is 3.32. The van der Waals surface area contributed by atoms with Crippen LogP contribution in [0.5, 0.6) is 5.75 Å². The van der Waals surface area contributed by atoms with Crippen LogP contribution in [0.2, 0.25) is 0 Å². The number of amidine groups is 1. The first-order chi connectivity index (χ1) is 13.8. The second kappa shape index (κ2) is 7.00. The Hall–Kier alpha value is -3.20. The minimum absolute atomic E-state index is 0.0678. The topological polar surface area (TPSA) is 114 Å². The first-order valence-corrected chi connectivity index (χ1v) is 10.7. The highest BCUT2D eigenvalue weighted by atomic mass is 32.2. The molecule has 0 bridgehead atoms. The van der Waals surface area contributed by atoms with Gasteiger partial charge in [-0.3, -0.25) is 4.79 Å². The number of rotatable bonds is 4. The zero-order valence-corrected chi connectivity index (χ0v) is 16.8. The second-order valence-corrected chi connectivity index (χ2v) is 8.84. The van der Waals surface area contributed by atoms with Crippen molar-refractivity contribution < 1.29 is 13.5 Å². The van der Waals surface area contributed by atoms with E-state index in [4.69, 9.17) is 0 Å². The molecule has 0 saturated heterocycles. The average Bonchev–Trinajstić information content (AvgIpc) is 2.67. The predicted octanol–water partition coefficient (Wildman–Crippen LogP) is 2.71. The highest BCUT2D eigenvalue weighted by molar-refractivity contribution is 7.90. The van der Waals surface area contributed by atoms with E-state index in [9.17, 15) is 18.3 Å². The van der Waals surface area contributed by atoms with Crippen LogP contribution in [0.1, 0.15) is 25.8 Å². The molecule has 150 valence electrons. The molecular weight excluding hydrogens is 392 g/mol. The number of aromatic nitrogens is 2. The lowest BCUT2D eigenvalue weighted by Crippen LogP contribution is -2.33. The number of para-hydroxylation sites is 1. The smallest absolute Gasteiger partial charge is 0.287 e. The molecule has 2 N–H and O–H groups in total. The van der Waals surface area contributed by atoms with E-state index < -0.39 is 15.6 Å². The van der Waals surface area contributed by atoms with Gasteiger partial charge >= 0.3 is 0 Å². The van der Waals surface area contributed by atoms with Gasteiger partial charge in [-0.05, 0) is 36.6 Å². The molecule has 3 heterocycles. The summed E-state index contributed by atoms with van der Waals surface area (Å²) < 4.78 is 30.5. The fraction of sp³-hybridized carbons (Fsp3) is 0.250. The molecule has 4 rings (SSSR count). The Labute approximate surface area is 167 Å². The van der Waals surface area contributed by atoms with Gasteiger partial charge in [0.1, 0.15) is 16.2 Å². The number of nitrogens with one attached hydrogen (secondary N) is 1. The van der Waals surface area contributed by atoms with E-state index in [1.54, 1.807) is 28.8 Å². The highest BCUT2D eigenvalue weighted by Crippen LogP contribution is 2.31. The average molecular weight is 412 g/mol. The Kier molecular flexibility index (Phi) is 4.62. The van der Waals surface area contributed by atoms with Gasteiger partial charge in [-0.1, -0.05) is 26.0 Å². The van der Waals surface area contributed by atoms with Crippen LogP contribution in [0.15, 0.2) is 56.7 Å². The van der Waals surface area contributed by atoms with Gasteiger partial charge in [-0.25, -0.2) is 4.98 Å². The summed E-state index contributed by atoms with van der Waals surface area (Å²) in [5.41, 5.74) is -0.118. The van der Waals surface area contributed by atoms with Crippen LogP contribution < -0.4 is 10.9 Å². The SMILES string of the molecule is CC(C)CCn1c(=O)c(C2=NS(=O)(=O)c3cccnc3N2)c(O)c2ccccc21. The molecule has 0 amide bonds. The van der Waals surface area contributed by atoms with Gasteiger partial charge in [0, 0.05) is 18.1 Å². The van der Waals surface area contributed by atoms with Gasteiger partial charge in [0.2, 0.25) is 0 Å². The Morgan fingerprint density at radius 3 is 2.69 bits per heavy atom. The van der Waals surface area contributed by atoms with E-state index in [0.717, 1.165) is 6.42 Å². The summed E-state index contributed by atoms with van der Waals surface area (Å²) in [7, 11) is -4.06. The first kappa shape index (κ1) is 19.1. The molecule has 0 atom stereocenters. The summed E-state index contributed by atoms with van der Waals surface area (Å²) in [6.07, 6.45) is 2.18. The summed E-state index contributed by atoms with van der Waals surface area (Å²) in [4.78, 5) is 17.3. The van der Waals surface area contributed by atoms with Crippen molar-refractivity contribution in [1.82, 2.24) is 9.55 Å². The Morgan fingerprint density at radius 2 is 1.93 bits per heavy atom. The van der Waals surface area contributed by atoms with Crippen LogP contribution in [0, 0.1) is 5.92 Å². The second-order valence-electron chi connectivity index (χ2n) is 7.27. The Bertz CT molecular complexity index is 1310. The molecule has 8 nitrogen and oxygen atoms in total. The minimum Gasteiger partial charge on any atom is -0.506 e. The summed E-state index contributed by atoms with van der Waals surface area (Å²) in [6.45, 7) is 4.53. The maximum absolute atomic E-state index is 13.3. The monoisotopic (exact) mass is 412 g/mol. The fourth-order valence-corrected chi connectivity index (χ4v) is 4.39. The van der Waals surface area contributed by atoms with E-state index in [0.29, 0.717) is 23.4 Å². The van der Waals surface area contributed by atoms with Gasteiger partial charge in [0.15, 0.2) is 11.7 Å². The molecule has 9 heteroatoms. The molecule has 0 fully saturated rings. The van der Waals surface area contributed by atoms with E-state index >= 15 is 0 Å². The number of hydrogen-bond acceptors (Lipinski definition) is 6. The number of sulfonamides is 1. The van der Waals surface area contributed by atoms with Gasteiger partial charge in [-0.15, -0.1) is 4.40 Å². The van der Waals surface area contributed by atoms with Crippen molar-refractivity contribution >= 4 is 32.6 Å². The van der Waals surface area contributed by atoms with Crippen LogP contribution in [0.4, 0.5) is 5.82 Å². The third kappa shape index (κ3) is 3.27. The van der Waals surface area contributed by atoms with Crippen molar-refractivity contribution in [1.29, 1.82) is 0 Å². The first-order valence-electron chi connectivity index (χ1n) is 9.21. The normalized spacial score (nSPS) is 15.1. The molecule has 1 aliphatic heterocycles. The van der Waals surface area contributed by atoms with Crippen molar-refractivity contribution in [2.75, 3.05) is 5.32 Å². The van der Waals surface area contributed by atoms with E-state index in [1.807, 2.05) is 0 Å². The Morgan fingerprint density at radius 1 is 1.17 bits per heavy atom. The summed E-state index contributed by atoms with van der Waals surface area (Å²) in [5.74, 6) is -0.118. The number of aromatic hydroxyl groups is 1. The number of aryl methyl sites for hydroxylation is 1. The van der Waals surface area contributed by atoms with Crippen LogP contribution in [-0.4, -0.2) is 28.9 Å². The molecule has 0 saturated carbocycles. The Balaban J connectivity index is 1.98. The number of benzene rings is 1. The van der Waals surface area contributed by atoms with Crippen LogP contribution in [0.25, 0.3) is 10.9 Å². The summed E-state index contributed by atoms with van der Waals surface area (Å²) in [5, 5.41) is 14.1. The molecule has 3 aromatic rings. The molecule has 0 aliphatic carbocycles. The zero-order valence-electron chi connectivity index (χ0n) is 16.0. The molecule has 29 heavy (non-hydrogen) atoms. The molecular formula is C20H20N4O4S. The lowest BCUT2D eigenvalue weighted by atomic mass is 10.1. The van der Waals surface area contributed by atoms with Crippen molar-refractivity contribution in [3.8, 4) is 5.75 Å². The van der Waals surface area contributed by atoms with Gasteiger partial charge in [-0.2, -0.15) is 8.42 Å². The molecule has 2 aromatic heterocycles. The van der Waals surface area contributed by atoms with Crippen molar-refractivity contribution in [3.05, 3.63) is 58.5 Å². The highest BCUT2D eigenvalue weighted by Gasteiger charge is 2.30. The lowest BCUT2D eigenvalue weighted by Gasteiger charge is -2.20. The van der Waals surface area contributed by atoms with Gasteiger partial charge in [0.05, 0.1) is 5.52 Å². The molecule has 1 aliphatic rings. The van der Waals surface area contributed by atoms with E-state index in [1.165, 1.54) is 18.3 Å². The van der Waals surface area contributed by atoms with E-state index in [2.05, 4.69) is 28.5 Å². The van der Waals surface area contributed by atoms with Crippen LogP contribution in [0.3, 0.4) is 0 Å². The third-order valence-corrected chi connectivity index (χ3v) is 6.12. The van der Waals surface area contributed by atoms with E-state index in [-0.39, 0.29) is 27.9 Å². The maximum atomic E-state index is 13.3. The maximum Gasteiger partial charge on any atom is 0.287 e. The molecule has 0 radical (unpaired) electrons. The molecule has 0 spiro atoms. The number of anilines is 1. The zero-order chi connectivity index (χ0) is 20.8. The number of pyridine rings is 2. The minimum atomic E-state index is -4.06. The number of fused-ring (bicyclic) bond motifs is 2. The quantitative estimate of drug-likeness (QED) is 0.681. The molecule has 1 aromatic carbocycles. The van der Waals surface area contributed by atoms with Crippen LogP contribution >= 0.6 is 0 Å². The van der Waals surface area contributed by atoms with Gasteiger partial charge < -0.3 is 15.0 Å². The van der Waals surface area contributed by atoms with Crippen molar-refractivity contribution in [2.45, 2.75) is 31.7 Å². The summed E-state index contributed by atoms with van der Waals surface area (Å²) >= 11 is 0. The van der Waals surface area contributed by atoms with Gasteiger partial charge in [0.25, 0.3) is 15.6 Å². The number of hydrogen-bond donors (Lipinski definition) is 2. The largest absolute Gasteiger partial charge is 0.506 e. The van der Waals surface area contributed by atoms with Crippen LogP contribution in [-0.2, 0) is 16.6 Å². The van der Waals surface area contributed by atoms with Crippen molar-refractivity contribution in [3.63, 3.8) is 0 Å². The number of nitrogens with zero attached hydrogens (tertiary/aromatic N) is 3. The molecule has 0 unspecified atom stereocenters. The third-order valence-electron chi connectivity index (χ3n) is 4.81. The lowest BCUT2D eigenvalue weighted by molar-refractivity contribution is 0.474. The van der Waals surface area contributed by atoms with Crippen molar-refractivity contribution in [2.24, 2.45) is 10.3 Å². The summed E-state index contributed by atoms with van der Waals surface area (Å²) in [6, 6.07) is 9.84. The standard InChI is InChI=1S/C20H20N4O4S/c1-12(2)9-11-24-14-7-4-3-6-13(14)17(25)16(20(24)26)19-22-18-15(8-5-10-21-18)29(27,28)23-19/h3-8,10,12,25H,9,11H2,1-2H3,(H,21,22,23).